The van der Waals surface area contributed by atoms with Gasteiger partial charge in [0.2, 0.25) is 0 Å². The maximum Gasteiger partial charge on any atom is 0.293 e. The van der Waals surface area contributed by atoms with Crippen LogP contribution >= 0.6 is 11.8 Å². The fourth-order valence-electron chi connectivity index (χ4n) is 2.66. The van der Waals surface area contributed by atoms with E-state index >= 15 is 0 Å². The van der Waals surface area contributed by atoms with Gasteiger partial charge in [-0.3, -0.25) is 19.8 Å². The molecule has 1 aliphatic heterocycles. The molecule has 1 fully saturated rings. The maximum atomic E-state index is 12.9. The van der Waals surface area contributed by atoms with Gasteiger partial charge in [-0.1, -0.05) is 30.0 Å². The number of thioether (sulfide) groups is 1. The summed E-state index contributed by atoms with van der Waals surface area (Å²) in [5.74, 6) is 0.459. The molecule has 0 aliphatic carbocycles. The van der Waals surface area contributed by atoms with Gasteiger partial charge in [-0.25, -0.2) is 4.99 Å². The number of para-hydroxylation sites is 1. The van der Waals surface area contributed by atoms with Crippen molar-refractivity contribution in [3.8, 4) is 0 Å². The molecule has 0 radical (unpaired) electrons. The van der Waals surface area contributed by atoms with Crippen LogP contribution in [0.5, 0.6) is 0 Å². The van der Waals surface area contributed by atoms with Crippen molar-refractivity contribution < 1.29 is 9.72 Å². The number of benzene rings is 2. The third-order valence-corrected chi connectivity index (χ3v) is 5.02. The monoisotopic (exact) mass is 370 g/mol. The second-order valence-electron chi connectivity index (χ2n) is 5.73. The van der Waals surface area contributed by atoms with Crippen LogP contribution in [0.2, 0.25) is 0 Å². The molecule has 26 heavy (non-hydrogen) atoms. The number of carbonyl (C=O) groups is 1. The number of nitrogens with zero attached hydrogens (tertiary/aromatic N) is 3. The minimum absolute atomic E-state index is 0.123. The first-order chi connectivity index (χ1) is 12.5. The van der Waals surface area contributed by atoms with E-state index in [0.717, 1.165) is 17.0 Å². The largest absolute Gasteiger partial charge is 0.383 e. The van der Waals surface area contributed by atoms with Crippen molar-refractivity contribution in [1.82, 2.24) is 4.90 Å². The molecule has 1 amide bonds. The number of nitrogens with one attached hydrogen (secondary N) is 1. The van der Waals surface area contributed by atoms with Gasteiger partial charge in [-0.2, -0.15) is 0 Å². The molecule has 1 N–H and O–H groups in total. The molecule has 1 aliphatic rings. The van der Waals surface area contributed by atoms with E-state index < -0.39 is 4.92 Å². The summed E-state index contributed by atoms with van der Waals surface area (Å²) >= 11 is 1.50. The highest BCUT2D eigenvalue weighted by molar-refractivity contribution is 8.14. The van der Waals surface area contributed by atoms with Crippen LogP contribution in [-0.2, 0) is 0 Å². The van der Waals surface area contributed by atoms with Crippen LogP contribution in [-0.4, -0.2) is 40.2 Å². The first-order valence-electron chi connectivity index (χ1n) is 8.06. The van der Waals surface area contributed by atoms with Gasteiger partial charge in [0, 0.05) is 31.0 Å². The van der Waals surface area contributed by atoms with Gasteiger partial charge < -0.3 is 5.32 Å². The van der Waals surface area contributed by atoms with Crippen molar-refractivity contribution in [3.05, 3.63) is 63.7 Å². The predicted octanol–water partition coefficient (Wildman–Crippen LogP) is 3.82. The lowest BCUT2D eigenvalue weighted by Gasteiger charge is -2.16. The summed E-state index contributed by atoms with van der Waals surface area (Å²) in [6.07, 6.45) is 0. The lowest BCUT2D eigenvalue weighted by Crippen LogP contribution is -2.31. The number of amides is 1. The highest BCUT2D eigenvalue weighted by Crippen LogP contribution is 2.29. The Morgan fingerprint density at radius 2 is 2.08 bits per heavy atom. The van der Waals surface area contributed by atoms with Gasteiger partial charge in [-0.15, -0.1) is 0 Å². The first-order valence-corrected chi connectivity index (χ1v) is 9.05. The fourth-order valence-corrected chi connectivity index (χ4v) is 3.61. The second-order valence-corrected chi connectivity index (χ2v) is 6.79. The zero-order valence-corrected chi connectivity index (χ0v) is 15.2. The topological polar surface area (TPSA) is 87.8 Å². The Labute approximate surface area is 155 Å². The molecule has 8 heteroatoms. The van der Waals surface area contributed by atoms with Crippen LogP contribution < -0.4 is 5.32 Å². The van der Waals surface area contributed by atoms with E-state index in [1.54, 1.807) is 24.1 Å². The fraction of sp³-hybridized carbons (Fsp3) is 0.222. The molecule has 7 nitrogen and oxygen atoms in total. The van der Waals surface area contributed by atoms with Crippen molar-refractivity contribution in [3.63, 3.8) is 0 Å². The number of hydrogen-bond acceptors (Lipinski definition) is 6. The zero-order valence-electron chi connectivity index (χ0n) is 14.4. The van der Waals surface area contributed by atoms with Gasteiger partial charge in [0.15, 0.2) is 5.17 Å². The highest BCUT2D eigenvalue weighted by atomic mass is 32.2. The molecule has 0 unspecified atom stereocenters. The molecule has 3 rings (SSSR count). The normalized spacial score (nSPS) is 15.3. The average molecular weight is 370 g/mol. The Morgan fingerprint density at radius 1 is 1.31 bits per heavy atom. The Balaban J connectivity index is 1.93. The van der Waals surface area contributed by atoms with Crippen molar-refractivity contribution in [2.24, 2.45) is 4.99 Å². The Morgan fingerprint density at radius 3 is 2.77 bits per heavy atom. The number of carbonyl (C=O) groups excluding carboxylic acids is 1. The highest BCUT2D eigenvalue weighted by Gasteiger charge is 2.28. The molecule has 2 aromatic carbocycles. The summed E-state index contributed by atoms with van der Waals surface area (Å²) in [4.78, 5) is 29.8. The zero-order chi connectivity index (χ0) is 18.7. The van der Waals surface area contributed by atoms with E-state index in [1.165, 1.54) is 17.8 Å². The molecule has 0 spiro atoms. The summed E-state index contributed by atoms with van der Waals surface area (Å²) in [5.41, 5.74) is 2.36. The van der Waals surface area contributed by atoms with E-state index in [2.05, 4.69) is 10.3 Å². The smallest absolute Gasteiger partial charge is 0.293 e. The molecule has 1 saturated heterocycles. The van der Waals surface area contributed by atoms with E-state index in [9.17, 15) is 14.9 Å². The lowest BCUT2D eigenvalue weighted by molar-refractivity contribution is -0.384. The van der Waals surface area contributed by atoms with Crippen LogP contribution in [0, 0.1) is 17.0 Å². The number of aryl methyl sites for hydroxylation is 1. The number of rotatable bonds is 4. The van der Waals surface area contributed by atoms with Crippen molar-refractivity contribution >= 4 is 39.9 Å². The third kappa shape index (κ3) is 3.55. The Hall–Kier alpha value is -2.87. The van der Waals surface area contributed by atoms with Gasteiger partial charge in [-0.05, 0) is 30.7 Å². The lowest BCUT2D eigenvalue weighted by atomic mass is 10.1. The Kier molecular flexibility index (Phi) is 5.22. The van der Waals surface area contributed by atoms with Crippen molar-refractivity contribution in [2.45, 2.75) is 6.92 Å². The van der Waals surface area contributed by atoms with Crippen LogP contribution in [0.1, 0.15) is 15.9 Å². The van der Waals surface area contributed by atoms with Crippen molar-refractivity contribution in [1.29, 1.82) is 0 Å². The number of hydrogen-bond donors (Lipinski definition) is 1. The molecular formula is C18H18N4O3S. The van der Waals surface area contributed by atoms with Gasteiger partial charge in [0.05, 0.1) is 10.6 Å². The van der Waals surface area contributed by atoms with E-state index in [-0.39, 0.29) is 17.2 Å². The van der Waals surface area contributed by atoms with Crippen LogP contribution in [0.4, 0.5) is 17.1 Å². The first kappa shape index (κ1) is 17.9. The van der Waals surface area contributed by atoms with Crippen LogP contribution in [0.25, 0.3) is 0 Å². The number of nitro benzene ring substituents is 1. The number of amidine groups is 1. The van der Waals surface area contributed by atoms with E-state index in [0.29, 0.717) is 17.4 Å². The molecule has 0 saturated carbocycles. The average Bonchev–Trinajstić information content (AvgIpc) is 3.10. The maximum absolute atomic E-state index is 12.9. The molecule has 134 valence electrons. The van der Waals surface area contributed by atoms with Gasteiger partial charge in [0.1, 0.15) is 5.69 Å². The minimum atomic E-state index is -0.496. The van der Waals surface area contributed by atoms with E-state index in [1.807, 2.05) is 31.2 Å². The SMILES string of the molecule is CNc1ccc(C(=O)N2CCSC2=Nc2ccccc2C)cc1[N+](=O)[O-]. The molecular weight excluding hydrogens is 352 g/mol. The number of aliphatic imine (C=N–C) groups is 1. The quantitative estimate of drug-likeness (QED) is 0.653. The van der Waals surface area contributed by atoms with Gasteiger partial charge in [0.25, 0.3) is 11.6 Å². The van der Waals surface area contributed by atoms with Gasteiger partial charge >= 0.3 is 0 Å². The van der Waals surface area contributed by atoms with Crippen molar-refractivity contribution in [2.75, 3.05) is 24.7 Å². The van der Waals surface area contributed by atoms with Crippen LogP contribution in [0.15, 0.2) is 47.5 Å². The second kappa shape index (κ2) is 7.57. The molecule has 0 bridgehead atoms. The van der Waals surface area contributed by atoms with E-state index in [4.69, 9.17) is 0 Å². The van der Waals surface area contributed by atoms with Crippen LogP contribution in [0.3, 0.4) is 0 Å². The third-order valence-electron chi connectivity index (χ3n) is 4.06. The summed E-state index contributed by atoms with van der Waals surface area (Å²) in [5, 5.41) is 14.6. The molecule has 2 aromatic rings. The molecule has 0 atom stereocenters. The number of anilines is 1. The molecule has 1 heterocycles. The standard InChI is InChI=1S/C18H18N4O3S/c1-12-5-3-4-6-14(12)20-18-21(9-10-26-18)17(23)13-7-8-15(19-2)16(11-13)22(24)25/h3-8,11,19H,9-10H2,1-2H3. The minimum Gasteiger partial charge on any atom is -0.383 e. The predicted molar refractivity (Wildman–Crippen MR) is 104 cm³/mol. The summed E-state index contributed by atoms with van der Waals surface area (Å²) in [6, 6.07) is 12.1. The molecule has 0 aromatic heterocycles. The summed E-state index contributed by atoms with van der Waals surface area (Å²) in [6.45, 7) is 2.49. The number of nitro groups is 1. The Bertz CT molecular complexity index is 898. The summed E-state index contributed by atoms with van der Waals surface area (Å²) < 4.78 is 0. The summed E-state index contributed by atoms with van der Waals surface area (Å²) in [7, 11) is 1.61.